The highest BCUT2D eigenvalue weighted by molar-refractivity contribution is 6.35. The molecule has 0 unspecified atom stereocenters. The van der Waals surface area contributed by atoms with E-state index in [0.29, 0.717) is 10.0 Å². The molecule has 0 spiro atoms. The van der Waals surface area contributed by atoms with Crippen LogP contribution in [0.4, 0.5) is 0 Å². The number of methoxy groups -OCH3 is 1. The summed E-state index contributed by atoms with van der Waals surface area (Å²) in [5, 5.41) is 1.28. The second-order valence-electron chi connectivity index (χ2n) is 3.84. The summed E-state index contributed by atoms with van der Waals surface area (Å²) in [4.78, 5) is 0. The molecule has 2 rings (SSSR count). The maximum atomic E-state index is 5.99. The third kappa shape index (κ3) is 2.74. The zero-order valence-corrected chi connectivity index (χ0v) is 11.1. The van der Waals surface area contributed by atoms with Gasteiger partial charge >= 0.3 is 0 Å². The summed E-state index contributed by atoms with van der Waals surface area (Å²) >= 11 is 12.0. The van der Waals surface area contributed by atoms with Crippen LogP contribution in [0.2, 0.25) is 10.0 Å². The molecule has 0 amide bonds. The Kier molecular flexibility index (Phi) is 3.60. The molecule has 0 fully saturated rings. The summed E-state index contributed by atoms with van der Waals surface area (Å²) in [6.07, 6.45) is 0. The van der Waals surface area contributed by atoms with Crippen LogP contribution in [-0.4, -0.2) is 7.11 Å². The molecule has 0 atom stereocenters. The van der Waals surface area contributed by atoms with Gasteiger partial charge in [0.2, 0.25) is 0 Å². The van der Waals surface area contributed by atoms with E-state index in [-0.39, 0.29) is 0 Å². The second kappa shape index (κ2) is 4.99. The highest BCUT2D eigenvalue weighted by Crippen LogP contribution is 2.30. The van der Waals surface area contributed by atoms with Crippen LogP contribution in [0.1, 0.15) is 5.56 Å². The third-order valence-electron chi connectivity index (χ3n) is 2.59. The SMILES string of the molecule is COc1ccc(-c2cc(Cl)cc(Cl)c2)cc1C. The molecule has 0 aliphatic heterocycles. The number of hydrogen-bond donors (Lipinski definition) is 0. The Morgan fingerprint density at radius 2 is 1.53 bits per heavy atom. The number of rotatable bonds is 2. The highest BCUT2D eigenvalue weighted by Gasteiger charge is 2.04. The average molecular weight is 267 g/mol. The molecule has 17 heavy (non-hydrogen) atoms. The minimum atomic E-state index is 0.640. The predicted molar refractivity (Wildman–Crippen MR) is 73.2 cm³/mol. The Labute approximate surface area is 111 Å². The maximum absolute atomic E-state index is 5.99. The molecule has 3 heteroatoms. The Morgan fingerprint density at radius 1 is 0.882 bits per heavy atom. The lowest BCUT2D eigenvalue weighted by atomic mass is 10.0. The van der Waals surface area contributed by atoms with Crippen LogP contribution >= 0.6 is 23.2 Å². The Hall–Kier alpha value is -1.18. The fourth-order valence-corrected chi connectivity index (χ4v) is 2.30. The molecule has 0 saturated heterocycles. The van der Waals surface area contributed by atoms with Crippen LogP contribution in [0.25, 0.3) is 11.1 Å². The first-order chi connectivity index (χ1) is 8.10. The van der Waals surface area contributed by atoms with Crippen molar-refractivity contribution in [3.63, 3.8) is 0 Å². The largest absolute Gasteiger partial charge is 0.496 e. The molecule has 0 aliphatic carbocycles. The fourth-order valence-electron chi connectivity index (χ4n) is 1.78. The van der Waals surface area contributed by atoms with Gasteiger partial charge in [-0.05, 0) is 53.9 Å². The van der Waals surface area contributed by atoms with Crippen LogP contribution in [0.3, 0.4) is 0 Å². The molecule has 0 bridgehead atoms. The lowest BCUT2D eigenvalue weighted by Crippen LogP contribution is -1.87. The number of benzene rings is 2. The smallest absolute Gasteiger partial charge is 0.121 e. The fraction of sp³-hybridized carbons (Fsp3) is 0.143. The first kappa shape index (κ1) is 12.3. The van der Waals surface area contributed by atoms with E-state index in [1.54, 1.807) is 13.2 Å². The quantitative estimate of drug-likeness (QED) is 0.745. The van der Waals surface area contributed by atoms with E-state index in [1.807, 2.05) is 31.2 Å². The van der Waals surface area contributed by atoms with Gasteiger partial charge in [-0.1, -0.05) is 29.3 Å². The Bertz CT molecular complexity index is 530. The molecule has 2 aromatic rings. The first-order valence-corrected chi connectivity index (χ1v) is 5.97. The Morgan fingerprint density at radius 3 is 2.06 bits per heavy atom. The van der Waals surface area contributed by atoms with Crippen molar-refractivity contribution < 1.29 is 4.74 Å². The number of aryl methyl sites for hydroxylation is 1. The van der Waals surface area contributed by atoms with E-state index in [4.69, 9.17) is 27.9 Å². The third-order valence-corrected chi connectivity index (χ3v) is 3.03. The van der Waals surface area contributed by atoms with Crippen molar-refractivity contribution in [1.29, 1.82) is 0 Å². The van der Waals surface area contributed by atoms with Crippen molar-refractivity contribution in [3.05, 3.63) is 52.0 Å². The van der Waals surface area contributed by atoms with Gasteiger partial charge in [0.15, 0.2) is 0 Å². The summed E-state index contributed by atoms with van der Waals surface area (Å²) in [5.74, 6) is 0.877. The Balaban J connectivity index is 2.49. The minimum absolute atomic E-state index is 0.640. The zero-order valence-electron chi connectivity index (χ0n) is 9.63. The molecule has 0 aliphatic rings. The zero-order chi connectivity index (χ0) is 12.4. The van der Waals surface area contributed by atoms with Crippen molar-refractivity contribution >= 4 is 23.2 Å². The van der Waals surface area contributed by atoms with Crippen molar-refractivity contribution in [3.8, 4) is 16.9 Å². The normalized spacial score (nSPS) is 10.4. The van der Waals surface area contributed by atoms with E-state index in [1.165, 1.54) is 0 Å². The molecule has 88 valence electrons. The number of ether oxygens (including phenoxy) is 1. The van der Waals surface area contributed by atoms with Gasteiger partial charge in [-0.15, -0.1) is 0 Å². The molecule has 0 aromatic heterocycles. The molecule has 1 nitrogen and oxygen atoms in total. The molecule has 0 heterocycles. The van der Waals surface area contributed by atoms with Crippen molar-refractivity contribution in [1.82, 2.24) is 0 Å². The van der Waals surface area contributed by atoms with Crippen LogP contribution < -0.4 is 4.74 Å². The van der Waals surface area contributed by atoms with Gasteiger partial charge in [0.1, 0.15) is 5.75 Å². The van der Waals surface area contributed by atoms with E-state index in [2.05, 4.69) is 6.07 Å². The van der Waals surface area contributed by atoms with E-state index >= 15 is 0 Å². The summed E-state index contributed by atoms with van der Waals surface area (Å²) in [5.41, 5.74) is 3.17. The van der Waals surface area contributed by atoms with Crippen molar-refractivity contribution in [2.75, 3.05) is 7.11 Å². The van der Waals surface area contributed by atoms with Crippen LogP contribution in [0.5, 0.6) is 5.75 Å². The van der Waals surface area contributed by atoms with E-state index in [0.717, 1.165) is 22.4 Å². The van der Waals surface area contributed by atoms with Gasteiger partial charge in [0, 0.05) is 10.0 Å². The standard InChI is InChI=1S/C14H12Cl2O/c1-9-5-10(3-4-14(9)17-2)11-6-12(15)8-13(16)7-11/h3-8H,1-2H3. The lowest BCUT2D eigenvalue weighted by molar-refractivity contribution is 0.412. The van der Waals surface area contributed by atoms with Gasteiger partial charge in [0.25, 0.3) is 0 Å². The summed E-state index contributed by atoms with van der Waals surface area (Å²) in [7, 11) is 1.66. The number of halogens is 2. The van der Waals surface area contributed by atoms with Gasteiger partial charge in [-0.25, -0.2) is 0 Å². The van der Waals surface area contributed by atoms with Crippen LogP contribution in [0.15, 0.2) is 36.4 Å². The van der Waals surface area contributed by atoms with Gasteiger partial charge in [-0.2, -0.15) is 0 Å². The molecular formula is C14H12Cl2O. The van der Waals surface area contributed by atoms with Gasteiger partial charge in [0.05, 0.1) is 7.11 Å². The van der Waals surface area contributed by atoms with Gasteiger partial charge < -0.3 is 4.74 Å². The van der Waals surface area contributed by atoms with Crippen molar-refractivity contribution in [2.24, 2.45) is 0 Å². The average Bonchev–Trinajstić information content (AvgIpc) is 2.27. The van der Waals surface area contributed by atoms with Gasteiger partial charge in [-0.3, -0.25) is 0 Å². The minimum Gasteiger partial charge on any atom is -0.496 e. The molecule has 0 N–H and O–H groups in total. The monoisotopic (exact) mass is 266 g/mol. The molecular weight excluding hydrogens is 255 g/mol. The van der Waals surface area contributed by atoms with E-state index in [9.17, 15) is 0 Å². The second-order valence-corrected chi connectivity index (χ2v) is 4.72. The summed E-state index contributed by atoms with van der Waals surface area (Å²) in [6, 6.07) is 11.5. The van der Waals surface area contributed by atoms with Crippen LogP contribution in [-0.2, 0) is 0 Å². The summed E-state index contributed by atoms with van der Waals surface area (Å²) in [6.45, 7) is 2.01. The maximum Gasteiger partial charge on any atom is 0.121 e. The number of hydrogen-bond acceptors (Lipinski definition) is 1. The molecule has 2 aromatic carbocycles. The van der Waals surface area contributed by atoms with Crippen molar-refractivity contribution in [2.45, 2.75) is 6.92 Å². The first-order valence-electron chi connectivity index (χ1n) is 5.21. The summed E-state index contributed by atoms with van der Waals surface area (Å²) < 4.78 is 5.23. The molecule has 0 saturated carbocycles. The van der Waals surface area contributed by atoms with E-state index < -0.39 is 0 Å². The topological polar surface area (TPSA) is 9.23 Å². The van der Waals surface area contributed by atoms with Crippen LogP contribution in [0, 0.1) is 6.92 Å². The predicted octanol–water partition coefficient (Wildman–Crippen LogP) is 4.98. The lowest BCUT2D eigenvalue weighted by Gasteiger charge is -2.08. The highest BCUT2D eigenvalue weighted by atomic mass is 35.5. The molecule has 0 radical (unpaired) electrons.